The van der Waals surface area contributed by atoms with E-state index in [0.29, 0.717) is 26.2 Å². The summed E-state index contributed by atoms with van der Waals surface area (Å²) in [7, 11) is 0. The summed E-state index contributed by atoms with van der Waals surface area (Å²) in [4.78, 5) is 11.1. The number of rotatable bonds is 10. The highest BCUT2D eigenvalue weighted by molar-refractivity contribution is 5.69. The van der Waals surface area contributed by atoms with Gasteiger partial charge in [0.25, 0.3) is 0 Å². The Morgan fingerprint density at radius 2 is 1.94 bits per heavy atom. The average Bonchev–Trinajstić information content (AvgIpc) is 2.23. The summed E-state index contributed by atoms with van der Waals surface area (Å²) < 4.78 is 15.6. The van der Waals surface area contributed by atoms with Crippen molar-refractivity contribution in [2.24, 2.45) is 0 Å². The molecule has 16 heavy (non-hydrogen) atoms. The predicted molar refractivity (Wildman–Crippen MR) is 62.4 cm³/mol. The molecule has 0 fully saturated rings. The van der Waals surface area contributed by atoms with Crippen LogP contribution in [0.15, 0.2) is 0 Å². The Labute approximate surface area is 98.3 Å². The van der Waals surface area contributed by atoms with Gasteiger partial charge in [0.05, 0.1) is 32.3 Å². The van der Waals surface area contributed by atoms with Gasteiger partial charge < -0.3 is 14.2 Å². The summed E-state index contributed by atoms with van der Waals surface area (Å²) in [5.41, 5.74) is 0. The zero-order valence-electron chi connectivity index (χ0n) is 10.7. The molecule has 0 aliphatic heterocycles. The largest absolute Gasteiger partial charge is 0.466 e. The number of hydrogen-bond acceptors (Lipinski definition) is 4. The first kappa shape index (κ1) is 15.4. The molecule has 0 aliphatic rings. The third-order valence-electron chi connectivity index (χ3n) is 2.03. The first-order valence-electron chi connectivity index (χ1n) is 6.05. The number of ether oxygens (including phenoxy) is 3. The number of unbranched alkanes of at least 4 members (excludes halogenated alkanes) is 1. The fourth-order valence-electron chi connectivity index (χ4n) is 1.17. The lowest BCUT2D eigenvalue weighted by molar-refractivity contribution is -0.146. The summed E-state index contributed by atoms with van der Waals surface area (Å²) in [5.74, 6) is -0.207. The number of carbonyl (C=O) groups is 1. The molecule has 0 saturated heterocycles. The van der Waals surface area contributed by atoms with Crippen molar-refractivity contribution >= 4 is 5.97 Å². The molecule has 0 aromatic rings. The van der Waals surface area contributed by atoms with Crippen LogP contribution in [0.4, 0.5) is 0 Å². The first-order valence-corrected chi connectivity index (χ1v) is 6.05. The molecule has 0 radical (unpaired) electrons. The van der Waals surface area contributed by atoms with Crippen LogP contribution in [0, 0.1) is 0 Å². The van der Waals surface area contributed by atoms with E-state index in [1.165, 1.54) is 0 Å². The van der Waals surface area contributed by atoms with E-state index in [1.54, 1.807) is 6.92 Å². The van der Waals surface area contributed by atoms with Crippen molar-refractivity contribution in [2.45, 2.75) is 46.1 Å². The third-order valence-corrected chi connectivity index (χ3v) is 2.03. The number of hydrogen-bond donors (Lipinski definition) is 0. The highest BCUT2D eigenvalue weighted by Gasteiger charge is 2.09. The van der Waals surface area contributed by atoms with Gasteiger partial charge in [0.2, 0.25) is 0 Å². The van der Waals surface area contributed by atoms with E-state index < -0.39 is 0 Å². The fraction of sp³-hybridized carbons (Fsp3) is 0.917. The Balaban J connectivity index is 3.29. The van der Waals surface area contributed by atoms with E-state index in [4.69, 9.17) is 14.2 Å². The molecule has 0 aliphatic carbocycles. The van der Waals surface area contributed by atoms with Crippen molar-refractivity contribution in [1.82, 2.24) is 0 Å². The van der Waals surface area contributed by atoms with Crippen molar-refractivity contribution in [2.75, 3.05) is 26.4 Å². The zero-order chi connectivity index (χ0) is 12.2. The van der Waals surface area contributed by atoms with Gasteiger partial charge in [-0.2, -0.15) is 0 Å². The van der Waals surface area contributed by atoms with Gasteiger partial charge in [-0.05, 0) is 20.3 Å². The number of carbonyl (C=O) groups excluding carboxylic acids is 1. The molecule has 1 atom stereocenters. The van der Waals surface area contributed by atoms with Crippen molar-refractivity contribution in [3.63, 3.8) is 0 Å². The predicted octanol–water partition coefficient (Wildman–Crippen LogP) is 2.16. The molecule has 1 unspecified atom stereocenters. The second-order valence-electron chi connectivity index (χ2n) is 3.66. The lowest BCUT2D eigenvalue weighted by Gasteiger charge is -2.12. The van der Waals surface area contributed by atoms with E-state index in [-0.39, 0.29) is 12.1 Å². The van der Waals surface area contributed by atoms with Crippen LogP contribution >= 0.6 is 0 Å². The molecule has 0 aromatic heterocycles. The van der Waals surface area contributed by atoms with Gasteiger partial charge in [-0.25, -0.2) is 0 Å². The van der Waals surface area contributed by atoms with E-state index in [9.17, 15) is 4.79 Å². The minimum atomic E-state index is -0.207. The highest BCUT2D eigenvalue weighted by atomic mass is 16.5. The minimum absolute atomic E-state index is 0.103. The Hall–Kier alpha value is -0.610. The normalized spacial score (nSPS) is 12.4. The molecule has 0 aromatic carbocycles. The maximum absolute atomic E-state index is 11.1. The van der Waals surface area contributed by atoms with Crippen LogP contribution < -0.4 is 0 Å². The van der Waals surface area contributed by atoms with Crippen molar-refractivity contribution in [1.29, 1.82) is 0 Å². The topological polar surface area (TPSA) is 44.8 Å². The lowest BCUT2D eigenvalue weighted by atomic mass is 10.3. The molecule has 4 nitrogen and oxygen atoms in total. The van der Waals surface area contributed by atoms with E-state index in [2.05, 4.69) is 6.92 Å². The third kappa shape index (κ3) is 9.93. The van der Waals surface area contributed by atoms with Gasteiger partial charge in [0.1, 0.15) is 0 Å². The van der Waals surface area contributed by atoms with Gasteiger partial charge in [-0.1, -0.05) is 13.3 Å². The van der Waals surface area contributed by atoms with Crippen LogP contribution in [0.3, 0.4) is 0 Å². The monoisotopic (exact) mass is 232 g/mol. The van der Waals surface area contributed by atoms with E-state index in [1.807, 2.05) is 6.92 Å². The van der Waals surface area contributed by atoms with Crippen LogP contribution in [-0.4, -0.2) is 38.5 Å². The molecule has 96 valence electrons. The second-order valence-corrected chi connectivity index (χ2v) is 3.66. The van der Waals surface area contributed by atoms with Crippen LogP contribution in [0.1, 0.15) is 40.0 Å². The van der Waals surface area contributed by atoms with E-state index in [0.717, 1.165) is 19.4 Å². The van der Waals surface area contributed by atoms with Crippen LogP contribution in [0.5, 0.6) is 0 Å². The SMILES string of the molecule is CCCCOCCOC(C)CC(=O)OCC. The maximum atomic E-state index is 11.1. The van der Waals surface area contributed by atoms with Gasteiger partial charge in [-0.3, -0.25) is 4.79 Å². The summed E-state index contributed by atoms with van der Waals surface area (Å²) >= 11 is 0. The fourth-order valence-corrected chi connectivity index (χ4v) is 1.17. The maximum Gasteiger partial charge on any atom is 0.308 e. The van der Waals surface area contributed by atoms with Gasteiger partial charge in [0.15, 0.2) is 0 Å². The summed E-state index contributed by atoms with van der Waals surface area (Å²) in [6.45, 7) is 8.12. The Morgan fingerprint density at radius 1 is 1.19 bits per heavy atom. The highest BCUT2D eigenvalue weighted by Crippen LogP contribution is 1.99. The number of esters is 1. The Bertz CT molecular complexity index is 170. The molecule has 0 rings (SSSR count). The molecular formula is C12H24O4. The van der Waals surface area contributed by atoms with Gasteiger partial charge in [0, 0.05) is 6.61 Å². The van der Waals surface area contributed by atoms with Crippen molar-refractivity contribution < 1.29 is 19.0 Å². The lowest BCUT2D eigenvalue weighted by Crippen LogP contribution is -2.18. The molecule has 0 heterocycles. The summed E-state index contributed by atoms with van der Waals surface area (Å²) in [6.07, 6.45) is 2.43. The van der Waals surface area contributed by atoms with Crippen LogP contribution in [0.2, 0.25) is 0 Å². The molecular weight excluding hydrogens is 208 g/mol. The van der Waals surface area contributed by atoms with Crippen LogP contribution in [0.25, 0.3) is 0 Å². The van der Waals surface area contributed by atoms with Crippen molar-refractivity contribution in [3.8, 4) is 0 Å². The molecule has 0 saturated carbocycles. The smallest absolute Gasteiger partial charge is 0.308 e. The summed E-state index contributed by atoms with van der Waals surface area (Å²) in [5, 5.41) is 0. The Morgan fingerprint density at radius 3 is 2.56 bits per heavy atom. The van der Waals surface area contributed by atoms with Crippen LogP contribution in [-0.2, 0) is 19.0 Å². The zero-order valence-corrected chi connectivity index (χ0v) is 10.7. The second kappa shape index (κ2) is 10.9. The molecule has 0 bridgehead atoms. The molecule has 4 heteroatoms. The first-order chi connectivity index (χ1) is 7.70. The average molecular weight is 232 g/mol. The molecule has 0 N–H and O–H groups in total. The molecule has 0 amide bonds. The quantitative estimate of drug-likeness (QED) is 0.428. The van der Waals surface area contributed by atoms with Gasteiger partial charge in [-0.15, -0.1) is 0 Å². The standard InChI is InChI=1S/C12H24O4/c1-4-6-7-14-8-9-16-11(3)10-12(13)15-5-2/h11H,4-10H2,1-3H3. The van der Waals surface area contributed by atoms with E-state index >= 15 is 0 Å². The summed E-state index contributed by atoms with van der Waals surface area (Å²) in [6, 6.07) is 0. The van der Waals surface area contributed by atoms with Crippen molar-refractivity contribution in [3.05, 3.63) is 0 Å². The minimum Gasteiger partial charge on any atom is -0.466 e. The molecule has 0 spiro atoms. The van der Waals surface area contributed by atoms with Gasteiger partial charge >= 0.3 is 5.97 Å². The Kier molecular flexibility index (Phi) is 10.5.